The Labute approximate surface area is 108 Å². The van der Waals surface area contributed by atoms with Gasteiger partial charge in [0.25, 0.3) is 0 Å². The summed E-state index contributed by atoms with van der Waals surface area (Å²) in [7, 11) is 0. The van der Waals surface area contributed by atoms with Crippen LogP contribution in [0.5, 0.6) is 0 Å². The Hall–Kier alpha value is -1.59. The van der Waals surface area contributed by atoms with Crippen molar-refractivity contribution in [3.05, 3.63) is 40.4 Å². The Balaban J connectivity index is 2.07. The molecule has 0 aliphatic carbocycles. The standard InChI is InChI=1S/C10H9Cl2N5/c11-7-2-1-6(3-14-7)4-15-10-8(12)9(13)16-5-17-10/h1-3,5H,4H2,(H3,13,15,16,17). The van der Waals surface area contributed by atoms with Crippen LogP contribution in [0.4, 0.5) is 11.6 Å². The number of hydrogen-bond acceptors (Lipinski definition) is 5. The fraction of sp³-hybridized carbons (Fsp3) is 0.100. The number of anilines is 2. The molecular formula is C10H9Cl2N5. The molecule has 0 aliphatic rings. The summed E-state index contributed by atoms with van der Waals surface area (Å²) in [5.74, 6) is 0.743. The van der Waals surface area contributed by atoms with Gasteiger partial charge in [-0.15, -0.1) is 0 Å². The molecule has 0 saturated carbocycles. The maximum Gasteiger partial charge on any atom is 0.150 e. The molecule has 0 bridgehead atoms. The van der Waals surface area contributed by atoms with Crippen molar-refractivity contribution in [2.45, 2.75) is 6.54 Å². The highest BCUT2D eigenvalue weighted by Crippen LogP contribution is 2.23. The van der Waals surface area contributed by atoms with Gasteiger partial charge in [0.2, 0.25) is 0 Å². The Morgan fingerprint density at radius 2 is 2.00 bits per heavy atom. The first-order chi connectivity index (χ1) is 8.16. The molecule has 0 aromatic carbocycles. The van der Waals surface area contributed by atoms with Crippen LogP contribution < -0.4 is 11.1 Å². The molecule has 2 rings (SSSR count). The minimum Gasteiger partial charge on any atom is -0.382 e. The Morgan fingerprint density at radius 1 is 1.18 bits per heavy atom. The predicted molar refractivity (Wildman–Crippen MR) is 68.0 cm³/mol. The first kappa shape index (κ1) is 11.9. The van der Waals surface area contributed by atoms with Crippen LogP contribution in [0.25, 0.3) is 0 Å². The van der Waals surface area contributed by atoms with Crippen LogP contribution in [0.1, 0.15) is 5.56 Å². The van der Waals surface area contributed by atoms with E-state index >= 15 is 0 Å². The maximum absolute atomic E-state index is 5.94. The van der Waals surface area contributed by atoms with Crippen LogP contribution in [-0.2, 0) is 6.54 Å². The van der Waals surface area contributed by atoms with E-state index in [1.807, 2.05) is 6.07 Å². The summed E-state index contributed by atoms with van der Waals surface area (Å²) in [6, 6.07) is 3.58. The third kappa shape index (κ3) is 2.95. The summed E-state index contributed by atoms with van der Waals surface area (Å²) < 4.78 is 0. The summed E-state index contributed by atoms with van der Waals surface area (Å²) in [6.07, 6.45) is 3.03. The molecule has 3 N–H and O–H groups in total. The molecule has 2 heterocycles. The van der Waals surface area contributed by atoms with Crippen molar-refractivity contribution in [2.24, 2.45) is 0 Å². The molecule has 88 valence electrons. The smallest absolute Gasteiger partial charge is 0.150 e. The van der Waals surface area contributed by atoms with Gasteiger partial charge < -0.3 is 11.1 Å². The lowest BCUT2D eigenvalue weighted by atomic mass is 10.3. The molecule has 0 radical (unpaired) electrons. The molecule has 0 amide bonds. The topological polar surface area (TPSA) is 76.7 Å². The SMILES string of the molecule is Nc1ncnc(NCc2ccc(Cl)nc2)c1Cl. The number of nitrogens with zero attached hydrogens (tertiary/aromatic N) is 3. The monoisotopic (exact) mass is 269 g/mol. The van der Waals surface area contributed by atoms with E-state index < -0.39 is 0 Å². The quantitative estimate of drug-likeness (QED) is 0.837. The normalized spacial score (nSPS) is 10.2. The fourth-order valence-corrected chi connectivity index (χ4v) is 1.48. The summed E-state index contributed by atoms with van der Waals surface area (Å²) >= 11 is 11.6. The molecule has 5 nitrogen and oxygen atoms in total. The number of nitrogens with one attached hydrogen (secondary N) is 1. The van der Waals surface area contributed by atoms with E-state index in [1.165, 1.54) is 6.33 Å². The van der Waals surface area contributed by atoms with Crippen LogP contribution in [-0.4, -0.2) is 15.0 Å². The second kappa shape index (κ2) is 5.16. The lowest BCUT2D eigenvalue weighted by molar-refractivity contribution is 1.07. The molecule has 0 unspecified atom stereocenters. The zero-order chi connectivity index (χ0) is 12.3. The first-order valence-corrected chi connectivity index (χ1v) is 5.52. The molecule has 0 saturated heterocycles. The van der Waals surface area contributed by atoms with Crippen molar-refractivity contribution in [3.63, 3.8) is 0 Å². The van der Waals surface area contributed by atoms with Crippen molar-refractivity contribution in [1.82, 2.24) is 15.0 Å². The van der Waals surface area contributed by atoms with Crippen molar-refractivity contribution in [2.75, 3.05) is 11.1 Å². The molecule has 7 heteroatoms. The van der Waals surface area contributed by atoms with Gasteiger partial charge in [-0.2, -0.15) is 0 Å². The lowest BCUT2D eigenvalue weighted by Gasteiger charge is -2.07. The third-order valence-electron chi connectivity index (χ3n) is 2.07. The zero-order valence-corrected chi connectivity index (χ0v) is 10.2. The Kier molecular flexibility index (Phi) is 3.61. The van der Waals surface area contributed by atoms with E-state index in [0.29, 0.717) is 22.5 Å². The first-order valence-electron chi connectivity index (χ1n) is 4.77. The summed E-state index contributed by atoms with van der Waals surface area (Å²) in [6.45, 7) is 0.528. The van der Waals surface area contributed by atoms with Gasteiger partial charge in [-0.1, -0.05) is 29.3 Å². The summed E-state index contributed by atoms with van der Waals surface area (Å²) in [5.41, 5.74) is 6.52. The van der Waals surface area contributed by atoms with Gasteiger partial charge in [-0.25, -0.2) is 15.0 Å². The van der Waals surface area contributed by atoms with Crippen molar-refractivity contribution < 1.29 is 0 Å². The summed E-state index contributed by atoms with van der Waals surface area (Å²) in [5, 5.41) is 3.81. The number of nitrogen functional groups attached to an aromatic ring is 1. The molecule has 0 fully saturated rings. The largest absolute Gasteiger partial charge is 0.382 e. The Morgan fingerprint density at radius 3 is 2.71 bits per heavy atom. The highest BCUT2D eigenvalue weighted by Gasteiger charge is 2.05. The minimum absolute atomic E-state index is 0.249. The fourth-order valence-electron chi connectivity index (χ4n) is 1.20. The Bertz CT molecular complexity index is 515. The van der Waals surface area contributed by atoms with Crippen LogP contribution in [0, 0.1) is 0 Å². The number of pyridine rings is 1. The van der Waals surface area contributed by atoms with Gasteiger partial charge in [0.15, 0.2) is 5.82 Å². The molecule has 2 aromatic rings. The average Bonchev–Trinajstić information content (AvgIpc) is 2.33. The number of nitrogens with two attached hydrogens (primary N) is 1. The number of rotatable bonds is 3. The summed E-state index contributed by atoms with van der Waals surface area (Å²) in [4.78, 5) is 11.7. The molecule has 2 aromatic heterocycles. The van der Waals surface area contributed by atoms with Gasteiger partial charge in [-0.05, 0) is 11.6 Å². The predicted octanol–water partition coefficient (Wildman–Crippen LogP) is 2.37. The number of aromatic nitrogens is 3. The van der Waals surface area contributed by atoms with Crippen molar-refractivity contribution in [1.29, 1.82) is 0 Å². The highest BCUT2D eigenvalue weighted by atomic mass is 35.5. The third-order valence-corrected chi connectivity index (χ3v) is 2.66. The zero-order valence-electron chi connectivity index (χ0n) is 8.69. The van der Waals surface area contributed by atoms with E-state index in [-0.39, 0.29) is 5.82 Å². The van der Waals surface area contributed by atoms with Gasteiger partial charge in [0, 0.05) is 12.7 Å². The van der Waals surface area contributed by atoms with E-state index in [1.54, 1.807) is 12.3 Å². The number of halogens is 2. The molecule has 0 aliphatic heterocycles. The average molecular weight is 270 g/mol. The highest BCUT2D eigenvalue weighted by molar-refractivity contribution is 6.35. The molecule has 0 spiro atoms. The van der Waals surface area contributed by atoms with Crippen LogP contribution in [0.2, 0.25) is 10.2 Å². The van der Waals surface area contributed by atoms with Gasteiger partial charge in [-0.3, -0.25) is 0 Å². The molecule has 17 heavy (non-hydrogen) atoms. The van der Waals surface area contributed by atoms with Crippen LogP contribution in [0.3, 0.4) is 0 Å². The van der Waals surface area contributed by atoms with Gasteiger partial charge >= 0.3 is 0 Å². The van der Waals surface area contributed by atoms with Gasteiger partial charge in [0.05, 0.1) is 0 Å². The van der Waals surface area contributed by atoms with Gasteiger partial charge in [0.1, 0.15) is 22.3 Å². The van der Waals surface area contributed by atoms with E-state index in [4.69, 9.17) is 28.9 Å². The van der Waals surface area contributed by atoms with E-state index in [2.05, 4.69) is 20.3 Å². The lowest BCUT2D eigenvalue weighted by Crippen LogP contribution is -2.04. The van der Waals surface area contributed by atoms with Crippen LogP contribution >= 0.6 is 23.2 Å². The van der Waals surface area contributed by atoms with E-state index in [9.17, 15) is 0 Å². The maximum atomic E-state index is 5.94. The van der Waals surface area contributed by atoms with Crippen molar-refractivity contribution in [3.8, 4) is 0 Å². The van der Waals surface area contributed by atoms with Crippen molar-refractivity contribution >= 4 is 34.8 Å². The molecular weight excluding hydrogens is 261 g/mol. The second-order valence-corrected chi connectivity index (χ2v) is 4.03. The van der Waals surface area contributed by atoms with E-state index in [0.717, 1.165) is 5.56 Å². The second-order valence-electron chi connectivity index (χ2n) is 3.26. The van der Waals surface area contributed by atoms with Crippen LogP contribution in [0.15, 0.2) is 24.7 Å². The molecule has 0 atom stereocenters. The number of hydrogen-bond donors (Lipinski definition) is 2. The minimum atomic E-state index is 0.249.